The fourth-order valence-corrected chi connectivity index (χ4v) is 3.73. The number of aromatic nitrogens is 2. The molecule has 1 aromatic heterocycles. The van der Waals surface area contributed by atoms with E-state index in [0.717, 1.165) is 17.0 Å². The third-order valence-electron chi connectivity index (χ3n) is 5.49. The smallest absolute Gasteiger partial charge is 0.321 e. The highest BCUT2D eigenvalue weighted by Gasteiger charge is 2.52. The van der Waals surface area contributed by atoms with Crippen molar-refractivity contribution < 1.29 is 18.8 Å². The fraction of sp³-hybridized carbons (Fsp3) is 0.429. The van der Waals surface area contributed by atoms with Crippen molar-refractivity contribution in [2.45, 2.75) is 45.6 Å². The number of urea groups is 1. The van der Waals surface area contributed by atoms with Crippen molar-refractivity contribution in [1.82, 2.24) is 20.0 Å². The highest BCUT2D eigenvalue weighted by atomic mass is 19.1. The van der Waals surface area contributed by atoms with Gasteiger partial charge in [0.25, 0.3) is 5.91 Å². The molecule has 1 aliphatic heterocycles. The summed E-state index contributed by atoms with van der Waals surface area (Å²) in [6, 6.07) is 4.86. The van der Waals surface area contributed by atoms with Crippen LogP contribution in [0.2, 0.25) is 0 Å². The molecule has 2 N–H and O–H groups in total. The maximum absolute atomic E-state index is 13.4. The lowest BCUT2D eigenvalue weighted by Gasteiger charge is -2.27. The van der Waals surface area contributed by atoms with Crippen molar-refractivity contribution in [3.8, 4) is 0 Å². The molecule has 0 bridgehead atoms. The van der Waals surface area contributed by atoms with Gasteiger partial charge in [-0.2, -0.15) is 5.10 Å². The highest BCUT2D eigenvalue weighted by Crippen LogP contribution is 2.34. The zero-order valence-corrected chi connectivity index (χ0v) is 17.6. The quantitative estimate of drug-likeness (QED) is 0.680. The van der Waals surface area contributed by atoms with Crippen molar-refractivity contribution in [2.75, 3.05) is 11.9 Å². The van der Waals surface area contributed by atoms with Crippen molar-refractivity contribution in [3.05, 3.63) is 47.0 Å². The predicted molar refractivity (Wildman–Crippen MR) is 109 cm³/mol. The largest absolute Gasteiger partial charge is 0.325 e. The van der Waals surface area contributed by atoms with E-state index in [0.29, 0.717) is 29.8 Å². The standard InChI is InChI=1S/C21H26FN5O3/c1-5-6-11-21(15-7-9-16(22)10-8-15)19(29)27(20(30)24-21)12-17(28)23-18-13(2)25-26(4)14(18)3/h7-10H,5-6,11-12H2,1-4H3,(H,23,28)(H,24,30)/t21-/m0/s1. The zero-order valence-electron chi connectivity index (χ0n) is 17.6. The van der Waals surface area contributed by atoms with Crippen molar-refractivity contribution in [1.29, 1.82) is 0 Å². The van der Waals surface area contributed by atoms with Gasteiger partial charge in [0.15, 0.2) is 0 Å². The summed E-state index contributed by atoms with van der Waals surface area (Å²) < 4.78 is 15.0. The molecule has 8 nitrogen and oxygen atoms in total. The van der Waals surface area contributed by atoms with Crippen LogP contribution in [-0.4, -0.2) is 39.1 Å². The molecule has 2 heterocycles. The molecule has 2 aromatic rings. The molecule has 0 aliphatic carbocycles. The molecule has 1 aliphatic rings. The lowest BCUT2D eigenvalue weighted by Crippen LogP contribution is -2.44. The van der Waals surface area contributed by atoms with E-state index in [9.17, 15) is 18.8 Å². The number of rotatable bonds is 7. The molecule has 30 heavy (non-hydrogen) atoms. The van der Waals surface area contributed by atoms with E-state index in [2.05, 4.69) is 15.7 Å². The Bertz CT molecular complexity index is 985. The van der Waals surface area contributed by atoms with Crippen LogP contribution >= 0.6 is 0 Å². The highest BCUT2D eigenvalue weighted by molar-refractivity contribution is 6.10. The van der Waals surface area contributed by atoms with E-state index < -0.39 is 35.7 Å². The number of unbranched alkanes of at least 4 members (excludes halogenated alkanes) is 1. The zero-order chi connectivity index (χ0) is 22.1. The lowest BCUT2D eigenvalue weighted by molar-refractivity contribution is -0.134. The molecule has 0 spiro atoms. The summed E-state index contributed by atoms with van der Waals surface area (Å²) in [6.45, 7) is 5.13. The molecule has 0 saturated carbocycles. The van der Waals surface area contributed by atoms with Crippen LogP contribution in [0.1, 0.15) is 43.1 Å². The van der Waals surface area contributed by atoms with Gasteiger partial charge in [-0.25, -0.2) is 9.18 Å². The minimum Gasteiger partial charge on any atom is -0.321 e. The molecule has 3 rings (SSSR count). The minimum absolute atomic E-state index is 0.360. The van der Waals surface area contributed by atoms with Gasteiger partial charge in [-0.3, -0.25) is 19.2 Å². The van der Waals surface area contributed by atoms with E-state index in [4.69, 9.17) is 0 Å². The first-order valence-electron chi connectivity index (χ1n) is 9.89. The second kappa shape index (κ2) is 8.25. The van der Waals surface area contributed by atoms with Crippen molar-refractivity contribution >= 4 is 23.5 Å². The number of nitrogens with one attached hydrogen (secondary N) is 2. The molecule has 1 atom stereocenters. The molecule has 1 fully saturated rings. The first-order chi connectivity index (χ1) is 14.2. The summed E-state index contributed by atoms with van der Waals surface area (Å²) in [5.74, 6) is -1.44. The number of aryl methyl sites for hydroxylation is 2. The summed E-state index contributed by atoms with van der Waals surface area (Å²) in [6.07, 6.45) is 1.85. The Morgan fingerprint density at radius 2 is 1.90 bits per heavy atom. The number of halogens is 1. The van der Waals surface area contributed by atoms with Crippen LogP contribution in [-0.2, 0) is 22.2 Å². The van der Waals surface area contributed by atoms with Crippen LogP contribution in [0.4, 0.5) is 14.9 Å². The van der Waals surface area contributed by atoms with Gasteiger partial charge in [-0.05, 0) is 38.0 Å². The Hall–Kier alpha value is -3.23. The predicted octanol–water partition coefficient (Wildman–Crippen LogP) is 2.75. The molecule has 4 amide bonds. The maximum atomic E-state index is 13.4. The van der Waals surface area contributed by atoms with E-state index in [-0.39, 0.29) is 0 Å². The molecule has 160 valence electrons. The van der Waals surface area contributed by atoms with Crippen LogP contribution < -0.4 is 10.6 Å². The number of amides is 4. The van der Waals surface area contributed by atoms with Gasteiger partial charge in [-0.1, -0.05) is 31.9 Å². The molecular weight excluding hydrogens is 389 g/mol. The molecule has 0 radical (unpaired) electrons. The number of carbonyl (C=O) groups is 3. The third-order valence-corrected chi connectivity index (χ3v) is 5.49. The van der Waals surface area contributed by atoms with E-state index in [1.165, 1.54) is 24.3 Å². The number of carbonyl (C=O) groups excluding carboxylic acids is 3. The van der Waals surface area contributed by atoms with Gasteiger partial charge in [0.2, 0.25) is 5.91 Å². The van der Waals surface area contributed by atoms with Gasteiger partial charge in [0.05, 0.1) is 17.1 Å². The number of anilines is 1. The van der Waals surface area contributed by atoms with Gasteiger partial charge < -0.3 is 10.6 Å². The van der Waals surface area contributed by atoms with Gasteiger partial charge in [0, 0.05) is 7.05 Å². The van der Waals surface area contributed by atoms with Crippen molar-refractivity contribution in [3.63, 3.8) is 0 Å². The number of imide groups is 1. The second-order valence-corrected chi connectivity index (χ2v) is 7.55. The van der Waals surface area contributed by atoms with Crippen LogP contribution in [0.5, 0.6) is 0 Å². The van der Waals surface area contributed by atoms with E-state index in [1.807, 2.05) is 13.8 Å². The average Bonchev–Trinajstić information content (AvgIpc) is 3.09. The minimum atomic E-state index is -1.30. The second-order valence-electron chi connectivity index (χ2n) is 7.55. The first kappa shape index (κ1) is 21.5. The number of nitrogens with zero attached hydrogens (tertiary/aromatic N) is 3. The summed E-state index contributed by atoms with van der Waals surface area (Å²) in [4.78, 5) is 39.5. The van der Waals surface area contributed by atoms with Gasteiger partial charge in [-0.15, -0.1) is 0 Å². The van der Waals surface area contributed by atoms with Crippen LogP contribution in [0, 0.1) is 19.7 Å². The maximum Gasteiger partial charge on any atom is 0.325 e. The Morgan fingerprint density at radius 1 is 1.23 bits per heavy atom. The average molecular weight is 415 g/mol. The van der Waals surface area contributed by atoms with Crippen molar-refractivity contribution in [2.24, 2.45) is 7.05 Å². The van der Waals surface area contributed by atoms with Crippen LogP contribution in [0.3, 0.4) is 0 Å². The SMILES string of the molecule is CCCC[C@@]1(c2ccc(F)cc2)NC(=O)N(CC(=O)Nc2c(C)nn(C)c2C)C1=O. The fourth-order valence-electron chi connectivity index (χ4n) is 3.73. The third kappa shape index (κ3) is 3.79. The van der Waals surface area contributed by atoms with Gasteiger partial charge >= 0.3 is 6.03 Å². The molecule has 0 unspecified atom stereocenters. The normalized spacial score (nSPS) is 18.6. The Labute approximate surface area is 174 Å². The molecule has 9 heteroatoms. The monoisotopic (exact) mass is 415 g/mol. The lowest BCUT2D eigenvalue weighted by atomic mass is 9.85. The number of hydrogen-bond acceptors (Lipinski definition) is 4. The molecular formula is C21H26FN5O3. The summed E-state index contributed by atoms with van der Waals surface area (Å²) >= 11 is 0. The molecule has 1 saturated heterocycles. The number of benzene rings is 1. The topological polar surface area (TPSA) is 96.3 Å². The summed E-state index contributed by atoms with van der Waals surface area (Å²) in [5.41, 5.74) is 1.16. The molecule has 1 aromatic carbocycles. The summed E-state index contributed by atoms with van der Waals surface area (Å²) in [7, 11) is 1.76. The number of hydrogen-bond donors (Lipinski definition) is 2. The summed E-state index contributed by atoms with van der Waals surface area (Å²) in [5, 5.41) is 9.73. The van der Waals surface area contributed by atoms with Gasteiger partial charge in [0.1, 0.15) is 17.9 Å². The Balaban J connectivity index is 1.84. The van der Waals surface area contributed by atoms with E-state index >= 15 is 0 Å². The van der Waals surface area contributed by atoms with Crippen LogP contribution in [0.25, 0.3) is 0 Å². The first-order valence-corrected chi connectivity index (χ1v) is 9.89. The Kier molecular flexibility index (Phi) is 5.91. The Morgan fingerprint density at radius 3 is 2.47 bits per heavy atom. The van der Waals surface area contributed by atoms with Crippen LogP contribution in [0.15, 0.2) is 24.3 Å². The van der Waals surface area contributed by atoms with E-state index in [1.54, 1.807) is 18.7 Å².